The Morgan fingerprint density at radius 2 is 1.85 bits per heavy atom. The van der Waals surface area contributed by atoms with Gasteiger partial charge >= 0.3 is 11.6 Å². The molecule has 1 fully saturated rings. The van der Waals surface area contributed by atoms with Gasteiger partial charge < -0.3 is 14.4 Å². The number of sulfonamides is 1. The summed E-state index contributed by atoms with van der Waals surface area (Å²) in [6.07, 6.45) is 1.17. The van der Waals surface area contributed by atoms with Crippen LogP contribution in [0.3, 0.4) is 0 Å². The van der Waals surface area contributed by atoms with Crippen molar-refractivity contribution < 1.29 is 22.8 Å². The third-order valence-corrected chi connectivity index (χ3v) is 4.56. The minimum Gasteiger partial charge on any atom is -0.434 e. The number of rotatable bonds is 5. The van der Waals surface area contributed by atoms with E-state index in [4.69, 9.17) is 14.6 Å². The van der Waals surface area contributed by atoms with Crippen molar-refractivity contribution in [1.29, 1.82) is 0 Å². The van der Waals surface area contributed by atoms with Crippen LogP contribution >= 0.6 is 0 Å². The number of hydrogen-bond donors (Lipinski definition) is 1. The molecule has 138 valence electrons. The van der Waals surface area contributed by atoms with Gasteiger partial charge in [-0.25, -0.2) is 18.5 Å². The smallest absolute Gasteiger partial charge is 0.373 e. The molecular weight excluding hydrogens is 366 g/mol. The van der Waals surface area contributed by atoms with E-state index >= 15 is 0 Å². The van der Waals surface area contributed by atoms with Crippen molar-refractivity contribution in [2.24, 2.45) is 5.14 Å². The molecule has 0 amide bonds. The molecule has 0 saturated carbocycles. The maximum Gasteiger partial charge on any atom is 0.373 e. The third-order valence-electron chi connectivity index (χ3n) is 3.63. The van der Waals surface area contributed by atoms with Gasteiger partial charge in [0.25, 0.3) is 0 Å². The van der Waals surface area contributed by atoms with Crippen molar-refractivity contribution in [2.75, 3.05) is 31.2 Å². The van der Waals surface area contributed by atoms with E-state index in [1.54, 1.807) is 4.90 Å². The molecule has 1 aliphatic heterocycles. The van der Waals surface area contributed by atoms with E-state index in [1.807, 2.05) is 0 Å². The van der Waals surface area contributed by atoms with Crippen LogP contribution < -0.4 is 14.8 Å². The van der Waals surface area contributed by atoms with Crippen LogP contribution in [0, 0.1) is 10.1 Å². The fraction of sp³-hybridized carbons (Fsp3) is 0.286. The molecule has 3 rings (SSSR count). The molecule has 2 aromatic rings. The van der Waals surface area contributed by atoms with Crippen LogP contribution in [0.4, 0.5) is 11.5 Å². The number of hydrogen-bond acceptors (Lipinski definition) is 9. The molecular formula is C14H15N5O6S. The summed E-state index contributed by atoms with van der Waals surface area (Å²) in [6, 6.07) is 5.14. The lowest BCUT2D eigenvalue weighted by Gasteiger charge is -2.27. The summed E-state index contributed by atoms with van der Waals surface area (Å²) in [5, 5.41) is 16.6. The van der Waals surface area contributed by atoms with E-state index < -0.39 is 14.9 Å². The highest BCUT2D eigenvalue weighted by atomic mass is 32.2. The molecule has 12 heteroatoms. The standard InChI is InChI=1S/C14H15N5O6S/c15-26(22,23)11-3-1-10(2-4-11)25-14-12(19(20)21)13(16-9-17-14)18-5-7-24-8-6-18/h1-4,9H,5-8H2,(H2,15,22,23). The molecule has 0 spiro atoms. The summed E-state index contributed by atoms with van der Waals surface area (Å²) >= 11 is 0. The molecule has 0 radical (unpaired) electrons. The number of primary sulfonamides is 1. The average molecular weight is 381 g/mol. The summed E-state index contributed by atoms with van der Waals surface area (Å²) in [5.41, 5.74) is -0.370. The zero-order valence-corrected chi connectivity index (χ0v) is 14.3. The second-order valence-electron chi connectivity index (χ2n) is 5.33. The van der Waals surface area contributed by atoms with Crippen molar-refractivity contribution in [3.63, 3.8) is 0 Å². The number of nitrogens with two attached hydrogens (primary N) is 1. The fourth-order valence-corrected chi connectivity index (χ4v) is 2.92. The molecule has 0 atom stereocenters. The van der Waals surface area contributed by atoms with Gasteiger partial charge in [-0.05, 0) is 24.3 Å². The Kier molecular flexibility index (Phi) is 4.97. The van der Waals surface area contributed by atoms with Crippen molar-refractivity contribution >= 4 is 21.5 Å². The normalized spacial score (nSPS) is 14.9. The molecule has 1 aliphatic rings. The second-order valence-corrected chi connectivity index (χ2v) is 6.89. The van der Waals surface area contributed by atoms with E-state index in [0.717, 1.165) is 0 Å². The van der Waals surface area contributed by atoms with Gasteiger partial charge in [-0.15, -0.1) is 0 Å². The Morgan fingerprint density at radius 3 is 2.42 bits per heavy atom. The Bertz CT molecular complexity index is 912. The van der Waals surface area contributed by atoms with E-state index in [2.05, 4.69) is 9.97 Å². The number of morpholine rings is 1. The van der Waals surface area contributed by atoms with Crippen molar-refractivity contribution in [2.45, 2.75) is 4.90 Å². The summed E-state index contributed by atoms with van der Waals surface area (Å²) in [5.74, 6) is 0.0754. The number of ether oxygens (including phenoxy) is 2. The molecule has 1 aromatic heterocycles. The van der Waals surface area contributed by atoms with Crippen LogP contribution in [0.1, 0.15) is 0 Å². The number of anilines is 1. The molecule has 11 nitrogen and oxygen atoms in total. The lowest BCUT2D eigenvalue weighted by atomic mass is 10.3. The maximum atomic E-state index is 11.6. The van der Waals surface area contributed by atoms with Gasteiger partial charge in [-0.1, -0.05) is 0 Å². The molecule has 1 aromatic carbocycles. The van der Waals surface area contributed by atoms with Gasteiger partial charge in [0.05, 0.1) is 23.0 Å². The van der Waals surface area contributed by atoms with Crippen LogP contribution in [0.5, 0.6) is 11.6 Å². The van der Waals surface area contributed by atoms with Crippen LogP contribution in [0.25, 0.3) is 0 Å². The third kappa shape index (κ3) is 3.87. The van der Waals surface area contributed by atoms with E-state index in [1.165, 1.54) is 30.6 Å². The molecule has 0 aliphatic carbocycles. The largest absolute Gasteiger partial charge is 0.434 e. The Labute approximate surface area is 148 Å². The van der Waals surface area contributed by atoms with Crippen LogP contribution in [-0.4, -0.2) is 49.6 Å². The lowest BCUT2D eigenvalue weighted by molar-refractivity contribution is -0.385. The van der Waals surface area contributed by atoms with Gasteiger partial charge in [0.15, 0.2) is 0 Å². The number of aromatic nitrogens is 2. The lowest BCUT2D eigenvalue weighted by Crippen LogP contribution is -2.37. The highest BCUT2D eigenvalue weighted by Gasteiger charge is 2.29. The Hall–Kier alpha value is -2.83. The predicted octanol–water partition coefficient (Wildman–Crippen LogP) is 0.661. The average Bonchev–Trinajstić information content (AvgIpc) is 2.62. The number of nitro groups is 1. The number of benzene rings is 1. The van der Waals surface area contributed by atoms with Crippen LogP contribution in [0.15, 0.2) is 35.5 Å². The first-order chi connectivity index (χ1) is 12.4. The molecule has 2 heterocycles. The summed E-state index contributed by atoms with van der Waals surface area (Å²) < 4.78 is 33.3. The Balaban J connectivity index is 1.93. The minimum atomic E-state index is -3.84. The first-order valence-electron chi connectivity index (χ1n) is 7.49. The van der Waals surface area contributed by atoms with Crippen molar-refractivity contribution in [3.8, 4) is 11.6 Å². The molecule has 1 saturated heterocycles. The SMILES string of the molecule is NS(=O)(=O)c1ccc(Oc2ncnc(N3CCOCC3)c2[N+](=O)[O-])cc1. The zero-order valence-electron chi connectivity index (χ0n) is 13.4. The van der Waals surface area contributed by atoms with Gasteiger partial charge in [0.2, 0.25) is 15.8 Å². The fourth-order valence-electron chi connectivity index (χ4n) is 2.40. The number of nitrogens with zero attached hydrogens (tertiary/aromatic N) is 4. The van der Waals surface area contributed by atoms with Gasteiger partial charge in [0.1, 0.15) is 12.1 Å². The maximum absolute atomic E-state index is 11.6. The highest BCUT2D eigenvalue weighted by molar-refractivity contribution is 7.89. The summed E-state index contributed by atoms with van der Waals surface area (Å²) in [4.78, 5) is 20.4. The van der Waals surface area contributed by atoms with Gasteiger partial charge in [0, 0.05) is 13.1 Å². The van der Waals surface area contributed by atoms with Crippen LogP contribution in [0.2, 0.25) is 0 Å². The summed E-state index contributed by atoms with van der Waals surface area (Å²) in [6.45, 7) is 1.79. The van der Waals surface area contributed by atoms with E-state index in [0.29, 0.717) is 26.3 Å². The topological polar surface area (TPSA) is 151 Å². The van der Waals surface area contributed by atoms with E-state index in [-0.39, 0.29) is 28.0 Å². The molecule has 0 unspecified atom stereocenters. The second kappa shape index (κ2) is 7.19. The van der Waals surface area contributed by atoms with Crippen LogP contribution in [-0.2, 0) is 14.8 Å². The van der Waals surface area contributed by atoms with Crippen molar-refractivity contribution in [3.05, 3.63) is 40.7 Å². The molecule has 26 heavy (non-hydrogen) atoms. The zero-order chi connectivity index (χ0) is 18.7. The predicted molar refractivity (Wildman–Crippen MR) is 89.6 cm³/mol. The van der Waals surface area contributed by atoms with Gasteiger partial charge in [-0.3, -0.25) is 10.1 Å². The first kappa shape index (κ1) is 18.0. The quantitative estimate of drug-likeness (QED) is 0.581. The monoisotopic (exact) mass is 381 g/mol. The summed E-state index contributed by atoms with van der Waals surface area (Å²) in [7, 11) is -3.84. The van der Waals surface area contributed by atoms with E-state index in [9.17, 15) is 18.5 Å². The Morgan fingerprint density at radius 1 is 1.19 bits per heavy atom. The molecule has 2 N–H and O–H groups in total. The van der Waals surface area contributed by atoms with Gasteiger partial charge in [-0.2, -0.15) is 4.98 Å². The minimum absolute atomic E-state index is 0.101. The first-order valence-corrected chi connectivity index (χ1v) is 9.03. The highest BCUT2D eigenvalue weighted by Crippen LogP contribution is 2.36. The van der Waals surface area contributed by atoms with Crippen molar-refractivity contribution in [1.82, 2.24) is 9.97 Å². The molecule has 0 bridgehead atoms.